The third kappa shape index (κ3) is 14.7. The number of hydrogen-bond acceptors (Lipinski definition) is 30. The average Bonchev–Trinajstić information content (AvgIpc) is 1.66. The standard InChI is InChI=1S/C67H112O30/c1-14-28(2)60(78)88-33(7)66(79)19-20-67(80)37-16-15-35-21-36(17-18-64(35,9)38(37)22-44(65(66,67)10)89-34(8)70)90-45-23-39(71)54(29(3)84-45)93-46-24-40(81-11)55(30(4)85-46)94-47-25-41(82-12)56(31(5)86-47)95-63-53(77)59(83-13)57(32(6)87-63)96-62-52(76)50(74)58(43(27-69)92-62)97-61-51(75)49(73)48(72)42(26-68)91-61/h28-33,35-59,61-63,68-69,71-77,79-80H,14-27H2,1-13H3/t28?,29-,30-,31-,32-,33-,35+,36+,37-,38+,39+,40+,41-,42-,43-,44-,45+,46+,47+,48-,49+,50-,51-,52-,53-,54-,55-,56-,57-,58-,59-,61+,62+,63+,64+,65-,66-,67+/m1/s1. The van der Waals surface area contributed by atoms with Gasteiger partial charge in [-0.3, -0.25) is 9.59 Å². The molecular formula is C67H112O30. The van der Waals surface area contributed by atoms with E-state index in [1.54, 1.807) is 34.8 Å². The number of esters is 2. The molecule has 560 valence electrons. The van der Waals surface area contributed by atoms with E-state index in [0.717, 1.165) is 19.3 Å². The number of carbonyl (C=O) groups is 2. The highest BCUT2D eigenvalue weighted by molar-refractivity contribution is 5.72. The van der Waals surface area contributed by atoms with Gasteiger partial charge in [0.2, 0.25) is 0 Å². The Kier molecular flexibility index (Phi) is 25.0. The lowest BCUT2D eigenvalue weighted by Crippen LogP contribution is -2.72. The number of methoxy groups -OCH3 is 3. The van der Waals surface area contributed by atoms with Crippen molar-refractivity contribution in [3.05, 3.63) is 0 Å². The van der Waals surface area contributed by atoms with Crippen LogP contribution in [-0.4, -0.2) is 298 Å². The predicted octanol–water partition coefficient (Wildman–Crippen LogP) is -0.139. The zero-order valence-corrected chi connectivity index (χ0v) is 58.2. The second kappa shape index (κ2) is 31.3. The quantitative estimate of drug-likeness (QED) is 0.0496. The molecule has 0 amide bonds. The molecule has 30 heteroatoms. The Bertz CT molecular complexity index is 2560. The Hall–Kier alpha value is -2.10. The molecule has 10 aliphatic rings. The summed E-state index contributed by atoms with van der Waals surface area (Å²) in [6.45, 7) is 16.3. The maximum Gasteiger partial charge on any atom is 0.309 e. The van der Waals surface area contributed by atoms with Gasteiger partial charge in [-0.1, -0.05) is 27.7 Å². The molecule has 0 aromatic carbocycles. The highest BCUT2D eigenvalue weighted by Crippen LogP contribution is 2.71. The van der Waals surface area contributed by atoms with Gasteiger partial charge >= 0.3 is 11.9 Å². The Morgan fingerprint density at radius 1 is 0.526 bits per heavy atom. The maximum atomic E-state index is 13.1. The van der Waals surface area contributed by atoms with E-state index in [-0.39, 0.29) is 67.3 Å². The highest BCUT2D eigenvalue weighted by Gasteiger charge is 2.77. The Balaban J connectivity index is 0.689. The fourth-order valence-corrected chi connectivity index (χ4v) is 18.3. The molecule has 0 bridgehead atoms. The van der Waals surface area contributed by atoms with E-state index in [1.165, 1.54) is 21.1 Å². The van der Waals surface area contributed by atoms with Crippen molar-refractivity contribution in [1.29, 1.82) is 0 Å². The third-order valence-electron chi connectivity index (χ3n) is 24.4. The van der Waals surface area contributed by atoms with Gasteiger partial charge in [-0.2, -0.15) is 0 Å². The van der Waals surface area contributed by atoms with E-state index in [0.29, 0.717) is 25.7 Å². The third-order valence-corrected chi connectivity index (χ3v) is 24.4. The smallest absolute Gasteiger partial charge is 0.309 e. The predicted molar refractivity (Wildman–Crippen MR) is 330 cm³/mol. The summed E-state index contributed by atoms with van der Waals surface area (Å²) in [5.41, 5.74) is -4.62. The number of aliphatic hydroxyl groups excluding tert-OH is 9. The lowest BCUT2D eigenvalue weighted by molar-refractivity contribution is -0.385. The molecular weight excluding hydrogens is 1280 g/mol. The van der Waals surface area contributed by atoms with Crippen LogP contribution in [0.3, 0.4) is 0 Å². The summed E-state index contributed by atoms with van der Waals surface area (Å²) >= 11 is 0. The van der Waals surface area contributed by atoms with Gasteiger partial charge in [-0.25, -0.2) is 0 Å². The van der Waals surface area contributed by atoms with Crippen LogP contribution >= 0.6 is 0 Å². The van der Waals surface area contributed by atoms with Gasteiger partial charge in [0.05, 0.1) is 79.0 Å². The van der Waals surface area contributed by atoms with Crippen molar-refractivity contribution in [2.45, 2.75) is 342 Å². The van der Waals surface area contributed by atoms with E-state index in [1.807, 2.05) is 27.7 Å². The Labute approximate surface area is 567 Å². The molecule has 38 atom stereocenters. The number of rotatable bonds is 22. The first-order chi connectivity index (χ1) is 45.8. The van der Waals surface area contributed by atoms with Crippen LogP contribution in [0, 0.1) is 34.5 Å². The molecule has 11 N–H and O–H groups in total. The second-order valence-electron chi connectivity index (χ2n) is 29.7. The van der Waals surface area contributed by atoms with E-state index < -0.39 is 220 Å². The molecule has 4 saturated carbocycles. The molecule has 0 aromatic rings. The second-order valence-corrected chi connectivity index (χ2v) is 29.7. The van der Waals surface area contributed by atoms with Gasteiger partial charge in [0.25, 0.3) is 0 Å². The van der Waals surface area contributed by atoms with Crippen LogP contribution in [0.1, 0.15) is 146 Å². The normalized spacial score (nSPS) is 51.7. The van der Waals surface area contributed by atoms with Crippen LogP contribution in [0.5, 0.6) is 0 Å². The molecule has 10 fully saturated rings. The molecule has 30 nitrogen and oxygen atoms in total. The topological polar surface area (TPSA) is 414 Å². The molecule has 1 unspecified atom stereocenters. The first kappa shape index (κ1) is 77.5. The van der Waals surface area contributed by atoms with E-state index in [4.69, 9.17) is 80.5 Å². The monoisotopic (exact) mass is 1400 g/mol. The van der Waals surface area contributed by atoms with Crippen LogP contribution < -0.4 is 0 Å². The van der Waals surface area contributed by atoms with Crippen molar-refractivity contribution < 1.29 is 146 Å². The Morgan fingerprint density at radius 2 is 1.06 bits per heavy atom. The minimum Gasteiger partial charge on any atom is -0.462 e. The average molecular weight is 1400 g/mol. The summed E-state index contributed by atoms with van der Waals surface area (Å²) in [5.74, 6) is -1.31. The van der Waals surface area contributed by atoms with Crippen molar-refractivity contribution in [3.8, 4) is 0 Å². The summed E-state index contributed by atoms with van der Waals surface area (Å²) in [5, 5.41) is 123. The maximum absolute atomic E-state index is 13.1. The van der Waals surface area contributed by atoms with Gasteiger partial charge in [0.15, 0.2) is 37.7 Å². The van der Waals surface area contributed by atoms with Gasteiger partial charge < -0.3 is 137 Å². The van der Waals surface area contributed by atoms with Crippen LogP contribution in [0.15, 0.2) is 0 Å². The van der Waals surface area contributed by atoms with E-state index in [9.17, 15) is 65.8 Å². The largest absolute Gasteiger partial charge is 0.462 e. The van der Waals surface area contributed by atoms with Gasteiger partial charge in [-0.05, 0) is 116 Å². The molecule has 0 radical (unpaired) electrons. The molecule has 6 saturated heterocycles. The van der Waals surface area contributed by atoms with Crippen molar-refractivity contribution in [1.82, 2.24) is 0 Å². The fourth-order valence-electron chi connectivity index (χ4n) is 18.3. The molecule has 0 aromatic heterocycles. The molecule has 6 aliphatic heterocycles. The zero-order valence-electron chi connectivity index (χ0n) is 58.2. The molecule has 10 rings (SSSR count). The minimum atomic E-state index is -1.87. The number of hydrogen-bond donors (Lipinski definition) is 11. The van der Waals surface area contributed by atoms with Crippen LogP contribution in [0.25, 0.3) is 0 Å². The summed E-state index contributed by atoms with van der Waals surface area (Å²) < 4.78 is 105. The molecule has 0 spiro atoms. The Morgan fingerprint density at radius 3 is 1.64 bits per heavy atom. The van der Waals surface area contributed by atoms with Crippen LogP contribution in [0.2, 0.25) is 0 Å². The minimum absolute atomic E-state index is 0.0336. The number of aliphatic hydroxyl groups is 11. The van der Waals surface area contributed by atoms with Crippen molar-refractivity contribution >= 4 is 11.9 Å². The summed E-state index contributed by atoms with van der Waals surface area (Å²) in [7, 11) is 4.38. The van der Waals surface area contributed by atoms with Crippen molar-refractivity contribution in [3.63, 3.8) is 0 Å². The summed E-state index contributed by atoms with van der Waals surface area (Å²) in [6, 6.07) is 0. The fraction of sp³-hybridized carbons (Fsp3) is 0.970. The molecule has 4 aliphatic carbocycles. The van der Waals surface area contributed by atoms with Gasteiger partial charge in [0, 0.05) is 47.5 Å². The van der Waals surface area contributed by atoms with Crippen molar-refractivity contribution in [2.24, 2.45) is 34.5 Å². The van der Waals surface area contributed by atoms with Crippen LogP contribution in [0.4, 0.5) is 0 Å². The SMILES string of the molecule is CCC(C)C(=O)O[C@H](C)[C@]1(O)CC[C@]2(O)[C@@H]3CC[C@H]4C[C@@H](O[C@H]5C[C@H](O)[C@H](O[C@H]6C[C@H](OC)[C@H](O[C@H]7C[C@@H](OC)[C@H](O[C@@H]8O[C@H](C)[C@@H](O[C@@H]9O[C@H](CO)[C@@H](O[C@@H]%10O[C@H](CO)[C@@H](O)[C@H](O)[C@H]%10O)[C@H](O)[C@H]9O)[C@H](OC)[C@H]8O)[C@@H](C)O7)[C@@H](C)O6)[C@@H](C)O5)CC[C@]4(C)[C@H]3C[C@@H](OC(C)=O)[C@]12C. The summed E-state index contributed by atoms with van der Waals surface area (Å²) in [4.78, 5) is 25.9. The molecule has 6 heterocycles. The molecule has 97 heavy (non-hydrogen) atoms. The number of ether oxygens (including phenoxy) is 17. The van der Waals surface area contributed by atoms with E-state index >= 15 is 0 Å². The van der Waals surface area contributed by atoms with Gasteiger partial charge in [0.1, 0.15) is 103 Å². The summed E-state index contributed by atoms with van der Waals surface area (Å²) in [6.07, 6.45) is -27.9. The lowest BCUT2D eigenvalue weighted by Gasteiger charge is -2.66. The number of fused-ring (bicyclic) bond motifs is 5. The first-order valence-corrected chi connectivity index (χ1v) is 35.1. The first-order valence-electron chi connectivity index (χ1n) is 35.1. The van der Waals surface area contributed by atoms with Crippen LogP contribution in [-0.2, 0) is 90.1 Å². The van der Waals surface area contributed by atoms with E-state index in [2.05, 4.69) is 6.92 Å². The van der Waals surface area contributed by atoms with Crippen molar-refractivity contribution in [2.75, 3.05) is 34.5 Å². The highest BCUT2D eigenvalue weighted by atomic mass is 16.8. The zero-order chi connectivity index (χ0) is 70.7. The van der Waals surface area contributed by atoms with Gasteiger partial charge in [-0.15, -0.1) is 0 Å². The number of carbonyl (C=O) groups excluding carboxylic acids is 2. The lowest BCUT2D eigenvalue weighted by atomic mass is 9.42.